The first-order valence-corrected chi connectivity index (χ1v) is 12.5. The van der Waals surface area contributed by atoms with Crippen LogP contribution in [0.2, 0.25) is 5.02 Å². The third-order valence-electron chi connectivity index (χ3n) is 6.26. The summed E-state index contributed by atoms with van der Waals surface area (Å²) in [5.41, 5.74) is 13.0. The minimum absolute atomic E-state index is 0.0487. The molecule has 11 nitrogen and oxygen atoms in total. The average Bonchev–Trinajstić information content (AvgIpc) is 3.36. The van der Waals surface area contributed by atoms with Crippen LogP contribution in [0, 0.1) is 35.9 Å². The molecule has 0 aliphatic carbocycles. The Labute approximate surface area is 241 Å². The summed E-state index contributed by atoms with van der Waals surface area (Å²) >= 11 is 5.98. The molecule has 2 N–H and O–H groups in total. The van der Waals surface area contributed by atoms with Gasteiger partial charge in [0.15, 0.2) is 0 Å². The van der Waals surface area contributed by atoms with Crippen LogP contribution in [0.15, 0.2) is 41.5 Å². The molecule has 0 spiro atoms. The maximum atomic E-state index is 14.2. The number of hydrogen-bond donors (Lipinski definition) is 1. The van der Waals surface area contributed by atoms with Gasteiger partial charge in [0.1, 0.15) is 40.8 Å². The van der Waals surface area contributed by atoms with Gasteiger partial charge in [-0.05, 0) is 61.2 Å². The number of aromatic nitrogens is 3. The zero-order valence-electron chi connectivity index (χ0n) is 21.6. The van der Waals surface area contributed by atoms with Crippen LogP contribution in [0.25, 0.3) is 10.4 Å². The number of hydrogen-bond acceptors (Lipinski definition) is 8. The van der Waals surface area contributed by atoms with E-state index < -0.39 is 41.1 Å². The highest BCUT2D eigenvalue weighted by atomic mass is 35.5. The summed E-state index contributed by atoms with van der Waals surface area (Å²) in [6.07, 6.45) is -4.82. The molecule has 1 amide bonds. The number of carbonyl (C=O) groups excluding carboxylic acids is 1. The predicted octanol–water partition coefficient (Wildman–Crippen LogP) is 4.79. The van der Waals surface area contributed by atoms with E-state index in [1.165, 1.54) is 36.1 Å². The van der Waals surface area contributed by atoms with Crippen molar-refractivity contribution in [3.8, 4) is 17.9 Å². The van der Waals surface area contributed by atoms with E-state index in [2.05, 4.69) is 37.0 Å². The zero-order chi connectivity index (χ0) is 30.6. The summed E-state index contributed by atoms with van der Waals surface area (Å²) < 4.78 is 55.5. The number of nitrogens with two attached hydrogens (primary N) is 1. The van der Waals surface area contributed by atoms with Gasteiger partial charge in [0.25, 0.3) is 5.91 Å². The van der Waals surface area contributed by atoms with E-state index in [1.54, 1.807) is 6.07 Å². The third-order valence-corrected chi connectivity index (χ3v) is 6.55. The first-order valence-electron chi connectivity index (χ1n) is 12.1. The Kier molecular flexibility index (Phi) is 8.66. The number of aryl methyl sites for hydroxylation is 1. The van der Waals surface area contributed by atoms with E-state index in [1.807, 2.05) is 0 Å². The van der Waals surface area contributed by atoms with Crippen LogP contribution in [0.1, 0.15) is 28.9 Å². The molecule has 1 aliphatic rings. The lowest BCUT2D eigenvalue weighted by molar-refractivity contribution is -0.137. The molecule has 0 saturated carbocycles. The maximum absolute atomic E-state index is 14.2. The number of azide groups is 1. The van der Waals surface area contributed by atoms with Crippen LogP contribution in [0.3, 0.4) is 0 Å². The van der Waals surface area contributed by atoms with Crippen molar-refractivity contribution < 1.29 is 22.4 Å². The maximum Gasteiger partial charge on any atom is 0.417 e. The van der Waals surface area contributed by atoms with Crippen LogP contribution in [0.5, 0.6) is 0 Å². The highest BCUT2D eigenvalue weighted by Crippen LogP contribution is 2.38. The summed E-state index contributed by atoms with van der Waals surface area (Å²) in [5.74, 6) is 3.72. The van der Waals surface area contributed by atoms with Gasteiger partial charge in [-0.1, -0.05) is 22.6 Å². The van der Waals surface area contributed by atoms with Gasteiger partial charge in [-0.25, -0.2) is 9.37 Å². The second kappa shape index (κ2) is 12.2. The monoisotopic (exact) mass is 598 g/mol. The summed E-state index contributed by atoms with van der Waals surface area (Å²) in [5, 5.41) is 20.6. The number of amides is 1. The van der Waals surface area contributed by atoms with Gasteiger partial charge >= 0.3 is 6.18 Å². The second-order valence-corrected chi connectivity index (χ2v) is 9.39. The summed E-state index contributed by atoms with van der Waals surface area (Å²) in [7, 11) is 0. The molecule has 0 radical (unpaired) electrons. The van der Waals surface area contributed by atoms with Crippen LogP contribution in [0.4, 0.5) is 34.9 Å². The van der Waals surface area contributed by atoms with Crippen molar-refractivity contribution in [2.75, 3.05) is 28.6 Å². The van der Waals surface area contributed by atoms with Gasteiger partial charge in [0.05, 0.1) is 23.2 Å². The second-order valence-electron chi connectivity index (χ2n) is 8.99. The van der Waals surface area contributed by atoms with E-state index >= 15 is 0 Å². The Bertz CT molecular complexity index is 1670. The zero-order valence-corrected chi connectivity index (χ0v) is 22.4. The Morgan fingerprint density at radius 3 is 2.69 bits per heavy atom. The summed E-state index contributed by atoms with van der Waals surface area (Å²) in [6, 6.07) is 6.27. The Morgan fingerprint density at radius 1 is 1.31 bits per heavy atom. The number of nitrogen functional groups attached to an aromatic ring is 1. The van der Waals surface area contributed by atoms with Gasteiger partial charge in [0, 0.05) is 22.8 Å². The predicted molar refractivity (Wildman–Crippen MR) is 144 cm³/mol. The molecule has 2 aromatic heterocycles. The molecular weight excluding hydrogens is 580 g/mol. The number of nitriles is 1. The van der Waals surface area contributed by atoms with Crippen molar-refractivity contribution in [3.05, 3.63) is 80.2 Å². The highest BCUT2D eigenvalue weighted by molar-refractivity contribution is 6.31. The average molecular weight is 599 g/mol. The molecule has 1 aliphatic heterocycles. The van der Waals surface area contributed by atoms with Crippen LogP contribution in [-0.4, -0.2) is 46.3 Å². The fourth-order valence-corrected chi connectivity index (χ4v) is 4.60. The van der Waals surface area contributed by atoms with E-state index in [0.29, 0.717) is 0 Å². The van der Waals surface area contributed by atoms with Crippen molar-refractivity contribution in [1.82, 2.24) is 15.2 Å². The quantitative estimate of drug-likeness (QED) is 0.145. The van der Waals surface area contributed by atoms with Crippen molar-refractivity contribution in [1.29, 1.82) is 5.26 Å². The molecule has 16 heteroatoms. The molecule has 1 fully saturated rings. The van der Waals surface area contributed by atoms with E-state index in [-0.39, 0.29) is 53.2 Å². The molecule has 214 valence electrons. The first kappa shape index (κ1) is 29.9. The normalized spacial score (nSPS) is 16.2. The van der Waals surface area contributed by atoms with E-state index in [9.17, 15) is 33.1 Å². The van der Waals surface area contributed by atoms with Gasteiger partial charge < -0.3 is 10.6 Å². The minimum atomic E-state index is -4.88. The van der Waals surface area contributed by atoms with Crippen molar-refractivity contribution in [3.63, 3.8) is 0 Å². The highest BCUT2D eigenvalue weighted by Gasteiger charge is 2.45. The summed E-state index contributed by atoms with van der Waals surface area (Å²) in [4.78, 5) is 23.5. The smallest absolute Gasteiger partial charge is 0.382 e. The third kappa shape index (κ3) is 6.28. The topological polar surface area (TPSA) is 161 Å². The van der Waals surface area contributed by atoms with Crippen molar-refractivity contribution in [2.24, 2.45) is 5.11 Å². The molecule has 42 heavy (non-hydrogen) atoms. The Morgan fingerprint density at radius 2 is 2.07 bits per heavy atom. The molecule has 3 heterocycles. The van der Waals surface area contributed by atoms with E-state index in [0.717, 1.165) is 17.0 Å². The molecule has 0 unspecified atom stereocenters. The standard InChI is InChI=1S/C26H19ClF4N10O/c1-14-11-18(26(29,30)31)17(13-32)24(35-14)41-10-8-21(37-39-34)23(41)25(42)40(16-5-6-20(28)19(27)12-16)9-2-3-15-4-7-22(33)38-36-15/h4-7,11-12,21,23H,8-10H2,1H3,(H2,33,38)/t21-,23+/m1/s1. The van der Waals surface area contributed by atoms with E-state index in [4.69, 9.17) is 17.3 Å². The SMILES string of the molecule is Cc1cc(C(F)(F)F)c(C#N)c(N2CC[C@@H](N=[N+]=[N-])[C@H]2C(=O)N(CC#Cc2ccc(N)nn2)c2ccc(F)c(Cl)c2)n1. The Balaban J connectivity index is 1.83. The largest absolute Gasteiger partial charge is 0.417 e. The van der Waals surface area contributed by atoms with Gasteiger partial charge in [-0.2, -0.15) is 18.4 Å². The fourth-order valence-electron chi connectivity index (χ4n) is 4.42. The number of benzene rings is 1. The number of pyridine rings is 1. The lowest BCUT2D eigenvalue weighted by Gasteiger charge is -2.32. The molecule has 3 aromatic rings. The van der Waals surface area contributed by atoms with Gasteiger partial charge in [-0.3, -0.25) is 9.69 Å². The van der Waals surface area contributed by atoms with Gasteiger partial charge in [0.2, 0.25) is 0 Å². The molecule has 2 atom stereocenters. The first-order chi connectivity index (χ1) is 19.9. The molecule has 1 saturated heterocycles. The fraction of sp³-hybridized carbons (Fsp3) is 0.269. The lowest BCUT2D eigenvalue weighted by atomic mass is 10.1. The number of carbonyl (C=O) groups is 1. The molecule has 4 rings (SSSR count). The number of halogens is 5. The van der Waals surface area contributed by atoms with Crippen LogP contribution in [-0.2, 0) is 11.0 Å². The molecule has 1 aromatic carbocycles. The van der Waals surface area contributed by atoms with Crippen molar-refractivity contribution >= 4 is 34.8 Å². The van der Waals surface area contributed by atoms with Crippen LogP contribution < -0.4 is 15.5 Å². The van der Waals surface area contributed by atoms with Gasteiger partial charge in [-0.15, -0.1) is 10.2 Å². The number of nitrogens with zero attached hydrogens (tertiary/aromatic N) is 9. The van der Waals surface area contributed by atoms with Crippen LogP contribution >= 0.6 is 11.6 Å². The number of alkyl halides is 3. The minimum Gasteiger partial charge on any atom is -0.382 e. The summed E-state index contributed by atoms with van der Waals surface area (Å²) in [6.45, 7) is 0.938. The Hall–Kier alpha value is -5.11. The van der Waals surface area contributed by atoms with Crippen molar-refractivity contribution in [2.45, 2.75) is 31.6 Å². The lowest BCUT2D eigenvalue weighted by Crippen LogP contribution is -2.50. The number of anilines is 3. The number of rotatable bonds is 5. The molecular formula is C26H19ClF4N10O. The molecule has 0 bridgehead atoms.